The molecule has 224 valence electrons. The van der Waals surface area contributed by atoms with Crippen LogP contribution in [0.25, 0.3) is 6.08 Å². The number of fused-ring (bicyclic) bond motifs is 1. The normalized spacial score (nSPS) is 14.3. The summed E-state index contributed by atoms with van der Waals surface area (Å²) in [7, 11) is 0. The van der Waals surface area contributed by atoms with Gasteiger partial charge in [0.2, 0.25) is 17.7 Å². The van der Waals surface area contributed by atoms with E-state index in [1.807, 2.05) is 64.1 Å². The van der Waals surface area contributed by atoms with E-state index in [0.29, 0.717) is 17.5 Å². The van der Waals surface area contributed by atoms with Crippen molar-refractivity contribution in [3.63, 3.8) is 0 Å². The summed E-state index contributed by atoms with van der Waals surface area (Å²) < 4.78 is 0. The van der Waals surface area contributed by atoms with Crippen molar-refractivity contribution < 1.29 is 29.2 Å². The number of hydrazine groups is 1. The second-order valence-electron chi connectivity index (χ2n) is 11.3. The lowest BCUT2D eigenvalue weighted by Crippen LogP contribution is -2.52. The molecule has 0 aromatic heterocycles. The van der Waals surface area contributed by atoms with Crippen molar-refractivity contribution in [2.45, 2.75) is 47.0 Å². The van der Waals surface area contributed by atoms with Crippen molar-refractivity contribution in [3.8, 4) is 0 Å². The van der Waals surface area contributed by atoms with Crippen LogP contribution in [0.5, 0.6) is 0 Å². The number of carbonyl (C=O) groups is 5. The molecule has 0 radical (unpaired) electrons. The molecular weight excluding hydrogens is 536 g/mol. The molecule has 0 bridgehead atoms. The third-order valence-corrected chi connectivity index (χ3v) is 7.02. The van der Waals surface area contributed by atoms with Crippen LogP contribution < -0.4 is 10.9 Å². The van der Waals surface area contributed by atoms with Gasteiger partial charge in [-0.2, -0.15) is 0 Å². The molecule has 0 saturated heterocycles. The molecule has 1 aliphatic heterocycles. The minimum atomic E-state index is -0.897. The Bertz CT molecular complexity index is 1270. The molecule has 5 amide bonds. The molecule has 42 heavy (non-hydrogen) atoms. The van der Waals surface area contributed by atoms with Crippen LogP contribution in [0.2, 0.25) is 0 Å². The van der Waals surface area contributed by atoms with Gasteiger partial charge in [0.05, 0.1) is 23.0 Å². The highest BCUT2D eigenvalue weighted by Crippen LogP contribution is 2.26. The van der Waals surface area contributed by atoms with Crippen LogP contribution in [0.1, 0.15) is 73.2 Å². The van der Waals surface area contributed by atoms with Gasteiger partial charge >= 0.3 is 0 Å². The average molecular weight is 577 g/mol. The van der Waals surface area contributed by atoms with Crippen LogP contribution in [-0.4, -0.2) is 57.7 Å². The molecule has 3 N–H and O–H groups in total. The van der Waals surface area contributed by atoms with Crippen LogP contribution in [-0.2, 0) is 14.4 Å². The molecule has 1 aliphatic rings. The Hall–Kier alpha value is -4.31. The Morgan fingerprint density at radius 1 is 0.857 bits per heavy atom. The van der Waals surface area contributed by atoms with Crippen LogP contribution in [0.15, 0.2) is 60.7 Å². The number of benzene rings is 2. The van der Waals surface area contributed by atoms with Crippen molar-refractivity contribution in [3.05, 3.63) is 77.4 Å². The number of hydroxylamine groups is 1. The smallest absolute Gasteiger partial charge is 0.261 e. The molecular formula is C32H40N4O6. The first-order valence-corrected chi connectivity index (χ1v) is 14.2. The van der Waals surface area contributed by atoms with Crippen LogP contribution >= 0.6 is 0 Å². The standard InChI is InChI=1S/C32H40N4O6/c1-21(2)19-27(24(30(39)34-42)16-10-13-23-11-6-5-7-12-23)29(38)33-36(20-22(3)4)28(37)17-18-35-31(40)25-14-8-9-15-26(25)32(35)41/h5-15,21-22,24,27,42H,16-20H2,1-4H3,(H,33,38)(H,34,39)/b13-10+/t24-,27+/m0/s1. The molecule has 0 saturated carbocycles. The molecule has 10 nitrogen and oxygen atoms in total. The van der Waals surface area contributed by atoms with Gasteiger partial charge in [0.1, 0.15) is 0 Å². The number of amides is 5. The van der Waals surface area contributed by atoms with Crippen molar-refractivity contribution in [2.75, 3.05) is 13.1 Å². The largest absolute Gasteiger partial charge is 0.289 e. The van der Waals surface area contributed by atoms with Crippen molar-refractivity contribution >= 4 is 35.6 Å². The zero-order valence-electron chi connectivity index (χ0n) is 24.6. The van der Waals surface area contributed by atoms with E-state index in [9.17, 15) is 29.2 Å². The Kier molecular flexibility index (Phi) is 11.6. The quantitative estimate of drug-likeness (QED) is 0.187. The molecule has 2 atom stereocenters. The molecule has 2 aromatic carbocycles. The predicted molar refractivity (Wildman–Crippen MR) is 158 cm³/mol. The lowest BCUT2D eigenvalue weighted by atomic mass is 9.82. The number of hydrogen-bond donors (Lipinski definition) is 3. The summed E-state index contributed by atoms with van der Waals surface area (Å²) in [5.74, 6) is -4.33. The topological polar surface area (TPSA) is 136 Å². The first kappa shape index (κ1) is 32.2. The molecule has 0 aliphatic carbocycles. The maximum atomic E-state index is 13.7. The maximum absolute atomic E-state index is 13.7. The highest BCUT2D eigenvalue weighted by Gasteiger charge is 2.37. The SMILES string of the molecule is CC(C)C[C@@H](C(=O)NN(CC(C)C)C(=O)CCN1C(=O)c2ccccc2C1=O)[C@H](C/C=C/c1ccccc1)C(=O)NO. The van der Waals surface area contributed by atoms with Crippen molar-refractivity contribution in [1.29, 1.82) is 0 Å². The third kappa shape index (κ3) is 8.36. The average Bonchev–Trinajstić information content (AvgIpc) is 3.21. The Morgan fingerprint density at radius 3 is 2.00 bits per heavy atom. The van der Waals surface area contributed by atoms with Crippen molar-refractivity contribution in [2.24, 2.45) is 23.7 Å². The highest BCUT2D eigenvalue weighted by molar-refractivity contribution is 6.21. The van der Waals surface area contributed by atoms with E-state index in [0.717, 1.165) is 10.5 Å². The lowest BCUT2D eigenvalue weighted by molar-refractivity contribution is -0.147. The second kappa shape index (κ2) is 15.1. The van der Waals surface area contributed by atoms with E-state index >= 15 is 0 Å². The highest BCUT2D eigenvalue weighted by atomic mass is 16.5. The Morgan fingerprint density at radius 2 is 1.45 bits per heavy atom. The van der Waals surface area contributed by atoms with Crippen LogP contribution in [0.4, 0.5) is 0 Å². The summed E-state index contributed by atoms with van der Waals surface area (Å²) in [5, 5.41) is 10.7. The van der Waals surface area contributed by atoms with Crippen molar-refractivity contribution in [1.82, 2.24) is 20.8 Å². The number of imide groups is 1. The van der Waals surface area contributed by atoms with Crippen LogP contribution in [0, 0.1) is 23.7 Å². The number of nitrogens with one attached hydrogen (secondary N) is 2. The van der Waals surface area contributed by atoms with Gasteiger partial charge in [-0.1, -0.05) is 82.3 Å². The fourth-order valence-electron chi connectivity index (χ4n) is 4.99. The summed E-state index contributed by atoms with van der Waals surface area (Å²) in [6.07, 6.45) is 3.96. The first-order chi connectivity index (χ1) is 20.0. The maximum Gasteiger partial charge on any atom is 0.261 e. The third-order valence-electron chi connectivity index (χ3n) is 7.02. The summed E-state index contributed by atoms with van der Waals surface area (Å²) >= 11 is 0. The lowest BCUT2D eigenvalue weighted by Gasteiger charge is -2.31. The van der Waals surface area contributed by atoms with E-state index in [4.69, 9.17) is 0 Å². The Labute approximate surface area is 246 Å². The van der Waals surface area contributed by atoms with Gasteiger partial charge in [-0.05, 0) is 42.4 Å². The minimum Gasteiger partial charge on any atom is -0.289 e. The van der Waals surface area contributed by atoms with E-state index in [-0.39, 0.29) is 37.8 Å². The van der Waals surface area contributed by atoms with Gasteiger partial charge in [-0.3, -0.25) is 44.5 Å². The molecule has 3 rings (SSSR count). The van der Waals surface area contributed by atoms with Gasteiger partial charge in [-0.25, -0.2) is 5.48 Å². The fraction of sp³-hybridized carbons (Fsp3) is 0.406. The van der Waals surface area contributed by atoms with E-state index in [1.54, 1.807) is 35.8 Å². The second-order valence-corrected chi connectivity index (χ2v) is 11.3. The molecule has 10 heteroatoms. The van der Waals surface area contributed by atoms with Gasteiger partial charge in [0, 0.05) is 19.5 Å². The number of carbonyl (C=O) groups excluding carboxylic acids is 5. The van der Waals surface area contributed by atoms with E-state index < -0.39 is 41.4 Å². The summed E-state index contributed by atoms with van der Waals surface area (Å²) in [6.45, 7) is 7.67. The number of rotatable bonds is 13. The van der Waals surface area contributed by atoms with Gasteiger partial charge in [-0.15, -0.1) is 0 Å². The van der Waals surface area contributed by atoms with Gasteiger partial charge < -0.3 is 0 Å². The number of allylic oxidation sites excluding steroid dienone is 1. The molecule has 1 heterocycles. The number of hydrogen-bond acceptors (Lipinski definition) is 6. The Balaban J connectivity index is 1.75. The molecule has 2 aromatic rings. The summed E-state index contributed by atoms with van der Waals surface area (Å²) in [4.78, 5) is 66.3. The van der Waals surface area contributed by atoms with Gasteiger partial charge in [0.15, 0.2) is 0 Å². The van der Waals surface area contributed by atoms with Gasteiger partial charge in [0.25, 0.3) is 11.8 Å². The minimum absolute atomic E-state index is 0.0116. The fourth-order valence-corrected chi connectivity index (χ4v) is 4.99. The molecule has 0 spiro atoms. The summed E-state index contributed by atoms with van der Waals surface area (Å²) in [5.41, 5.74) is 5.93. The predicted octanol–water partition coefficient (Wildman–Crippen LogP) is 4.08. The number of nitrogens with zero attached hydrogens (tertiary/aromatic N) is 2. The van der Waals surface area contributed by atoms with E-state index in [2.05, 4.69) is 5.43 Å². The zero-order chi connectivity index (χ0) is 30.8. The first-order valence-electron chi connectivity index (χ1n) is 14.2. The molecule has 0 fully saturated rings. The van der Waals surface area contributed by atoms with Crippen LogP contribution in [0.3, 0.4) is 0 Å². The molecule has 0 unspecified atom stereocenters. The van der Waals surface area contributed by atoms with E-state index in [1.165, 1.54) is 5.01 Å². The zero-order valence-corrected chi connectivity index (χ0v) is 24.6. The monoisotopic (exact) mass is 576 g/mol. The summed E-state index contributed by atoms with van der Waals surface area (Å²) in [6, 6.07) is 16.0.